The molecule has 160 valence electrons. The Labute approximate surface area is 183 Å². The Hall–Kier alpha value is -1.88. The molecule has 2 aromatic rings. The third-order valence-corrected chi connectivity index (χ3v) is 6.40. The van der Waals surface area contributed by atoms with Crippen molar-refractivity contribution < 1.29 is 9.31 Å². The first-order chi connectivity index (χ1) is 14.1. The Morgan fingerprint density at radius 3 is 1.90 bits per heavy atom. The van der Waals surface area contributed by atoms with Gasteiger partial charge in [0, 0.05) is 6.54 Å². The van der Waals surface area contributed by atoms with Gasteiger partial charge >= 0.3 is 7.12 Å². The van der Waals surface area contributed by atoms with Gasteiger partial charge < -0.3 is 14.2 Å². The van der Waals surface area contributed by atoms with Crippen LogP contribution in [0.15, 0.2) is 54.6 Å². The summed E-state index contributed by atoms with van der Waals surface area (Å²) in [5.41, 5.74) is 5.43. The average molecular weight is 405 g/mol. The smallest absolute Gasteiger partial charge is 0.399 e. The summed E-state index contributed by atoms with van der Waals surface area (Å²) in [7, 11) is 3.84. The second kappa shape index (κ2) is 9.09. The van der Waals surface area contributed by atoms with E-state index in [9.17, 15) is 0 Å². The lowest BCUT2D eigenvalue weighted by Crippen LogP contribution is -2.41. The molecule has 1 heterocycles. The quantitative estimate of drug-likeness (QED) is 0.433. The zero-order valence-corrected chi connectivity index (χ0v) is 19.7. The first-order valence-electron chi connectivity index (χ1n) is 11.0. The molecule has 3 nitrogen and oxygen atoms in total. The minimum atomic E-state index is -0.388. The van der Waals surface area contributed by atoms with Crippen molar-refractivity contribution in [3.63, 3.8) is 0 Å². The van der Waals surface area contributed by atoms with Crippen molar-refractivity contribution in [3.8, 4) is 0 Å². The van der Waals surface area contributed by atoms with Crippen molar-refractivity contribution in [3.05, 3.63) is 71.3 Å². The molecule has 0 aromatic heterocycles. The van der Waals surface area contributed by atoms with Gasteiger partial charge in [0.15, 0.2) is 0 Å². The molecule has 2 aromatic carbocycles. The summed E-state index contributed by atoms with van der Waals surface area (Å²) in [6, 6.07) is 19.5. The maximum atomic E-state index is 6.49. The second-order valence-electron chi connectivity index (χ2n) is 9.45. The van der Waals surface area contributed by atoms with Crippen LogP contribution in [0, 0.1) is 0 Å². The molecule has 0 unspecified atom stereocenters. The predicted molar refractivity (Wildman–Crippen MR) is 128 cm³/mol. The van der Waals surface area contributed by atoms with E-state index in [1.807, 2.05) is 0 Å². The molecule has 0 saturated carbocycles. The van der Waals surface area contributed by atoms with Crippen LogP contribution in [0.4, 0.5) is 0 Å². The number of hydrogen-bond acceptors (Lipinski definition) is 3. The van der Waals surface area contributed by atoms with E-state index in [1.165, 1.54) is 16.7 Å². The molecular weight excluding hydrogens is 369 g/mol. The van der Waals surface area contributed by atoms with E-state index in [2.05, 4.69) is 108 Å². The molecule has 0 spiro atoms. The molecular formula is C26H36BNO2. The van der Waals surface area contributed by atoms with Crippen molar-refractivity contribution >= 4 is 18.2 Å². The fraction of sp³-hybridized carbons (Fsp3) is 0.462. The van der Waals surface area contributed by atoms with Gasteiger partial charge in [0.25, 0.3) is 0 Å². The minimum Gasteiger partial charge on any atom is -0.399 e. The number of hydrogen-bond donors (Lipinski definition) is 0. The molecule has 0 N–H and O–H groups in total. The van der Waals surface area contributed by atoms with Gasteiger partial charge in [0.2, 0.25) is 0 Å². The molecule has 1 aliphatic heterocycles. The summed E-state index contributed by atoms with van der Waals surface area (Å²) in [5.74, 6) is 0. The van der Waals surface area contributed by atoms with Crippen LogP contribution in [0.5, 0.6) is 0 Å². The van der Waals surface area contributed by atoms with Crippen molar-refractivity contribution in [1.29, 1.82) is 0 Å². The monoisotopic (exact) mass is 405 g/mol. The fourth-order valence-corrected chi connectivity index (χ4v) is 3.81. The van der Waals surface area contributed by atoms with E-state index in [-0.39, 0.29) is 18.3 Å². The highest BCUT2D eigenvalue weighted by Gasteiger charge is 2.53. The standard InChI is InChI=1S/C26H36BNO2/c1-8-23(21-16-14-20(15-17-21)18-19-28(6)7)24(22-12-10-9-11-13-22)27-29-25(2,3)26(4,5)30-27/h9-17H,8,18-19H2,1-7H3/b24-23-. The summed E-state index contributed by atoms with van der Waals surface area (Å²) in [6.07, 6.45) is 1.96. The van der Waals surface area contributed by atoms with Crippen LogP contribution in [0.3, 0.4) is 0 Å². The Balaban J connectivity index is 2.04. The lowest BCUT2D eigenvalue weighted by molar-refractivity contribution is 0.00578. The number of benzene rings is 2. The Morgan fingerprint density at radius 2 is 1.40 bits per heavy atom. The maximum absolute atomic E-state index is 6.49. The topological polar surface area (TPSA) is 21.7 Å². The first kappa shape index (κ1) is 22.8. The van der Waals surface area contributed by atoms with Crippen molar-refractivity contribution in [2.45, 2.75) is 58.7 Å². The van der Waals surface area contributed by atoms with Gasteiger partial charge in [-0.25, -0.2) is 0 Å². The second-order valence-corrected chi connectivity index (χ2v) is 9.45. The molecule has 1 aliphatic rings. The summed E-state index contributed by atoms with van der Waals surface area (Å²) in [6.45, 7) is 11.7. The SMILES string of the molecule is CC/C(=C(/B1OC(C)(C)C(C)(C)O1)c1ccccc1)c1ccc(CCN(C)C)cc1. The fourth-order valence-electron chi connectivity index (χ4n) is 3.81. The Kier molecular flexibility index (Phi) is 6.91. The number of allylic oxidation sites excluding steroid dienone is 1. The molecule has 0 atom stereocenters. The zero-order valence-electron chi connectivity index (χ0n) is 19.7. The van der Waals surface area contributed by atoms with Crippen LogP contribution in [-0.4, -0.2) is 43.9 Å². The van der Waals surface area contributed by atoms with E-state index in [4.69, 9.17) is 9.31 Å². The molecule has 0 amide bonds. The maximum Gasteiger partial charge on any atom is 0.495 e. The lowest BCUT2D eigenvalue weighted by Gasteiger charge is -2.32. The highest BCUT2D eigenvalue weighted by molar-refractivity contribution is 6.71. The van der Waals surface area contributed by atoms with E-state index < -0.39 is 0 Å². The van der Waals surface area contributed by atoms with Crippen LogP contribution in [0.25, 0.3) is 11.0 Å². The molecule has 1 fully saturated rings. The molecule has 0 aliphatic carbocycles. The Bertz CT molecular complexity index is 854. The van der Waals surface area contributed by atoms with Crippen molar-refractivity contribution in [2.24, 2.45) is 0 Å². The van der Waals surface area contributed by atoms with E-state index >= 15 is 0 Å². The third-order valence-electron chi connectivity index (χ3n) is 6.40. The van der Waals surface area contributed by atoms with E-state index in [0.29, 0.717) is 0 Å². The molecule has 0 bridgehead atoms. The van der Waals surface area contributed by atoms with Crippen LogP contribution in [-0.2, 0) is 15.7 Å². The van der Waals surface area contributed by atoms with Crippen LogP contribution in [0.1, 0.15) is 57.7 Å². The Morgan fingerprint density at radius 1 is 0.833 bits per heavy atom. The number of rotatable bonds is 7. The largest absolute Gasteiger partial charge is 0.495 e. The molecule has 30 heavy (non-hydrogen) atoms. The van der Waals surface area contributed by atoms with E-state index in [0.717, 1.165) is 30.4 Å². The highest BCUT2D eigenvalue weighted by Crippen LogP contribution is 2.43. The molecule has 3 rings (SSSR count). The van der Waals surface area contributed by atoms with Gasteiger partial charge in [-0.1, -0.05) is 61.5 Å². The van der Waals surface area contributed by atoms with Gasteiger partial charge in [-0.05, 0) is 82.4 Å². The minimum absolute atomic E-state index is 0.368. The normalized spacial score (nSPS) is 18.6. The first-order valence-corrected chi connectivity index (χ1v) is 11.0. The third kappa shape index (κ3) is 4.88. The zero-order chi connectivity index (χ0) is 21.9. The van der Waals surface area contributed by atoms with Crippen LogP contribution >= 0.6 is 0 Å². The van der Waals surface area contributed by atoms with Crippen molar-refractivity contribution in [2.75, 3.05) is 20.6 Å². The highest BCUT2D eigenvalue weighted by atomic mass is 16.7. The number of nitrogens with zero attached hydrogens (tertiary/aromatic N) is 1. The summed E-state index contributed by atoms with van der Waals surface area (Å²) >= 11 is 0. The predicted octanol–water partition coefficient (Wildman–Crippen LogP) is 5.74. The average Bonchev–Trinajstić information content (AvgIpc) is 2.92. The van der Waals surface area contributed by atoms with E-state index in [1.54, 1.807) is 0 Å². The van der Waals surface area contributed by atoms with Crippen LogP contribution < -0.4 is 0 Å². The molecule has 0 radical (unpaired) electrons. The number of likely N-dealkylation sites (N-methyl/N-ethyl adjacent to an activating group) is 1. The molecule has 1 saturated heterocycles. The van der Waals surface area contributed by atoms with Gasteiger partial charge in [-0.15, -0.1) is 0 Å². The van der Waals surface area contributed by atoms with Crippen molar-refractivity contribution in [1.82, 2.24) is 4.90 Å². The molecule has 4 heteroatoms. The lowest BCUT2D eigenvalue weighted by atomic mass is 9.69. The van der Waals surface area contributed by atoms with Gasteiger partial charge in [0.1, 0.15) is 0 Å². The van der Waals surface area contributed by atoms with Gasteiger partial charge in [0.05, 0.1) is 11.2 Å². The summed E-state index contributed by atoms with van der Waals surface area (Å²) < 4.78 is 13.0. The van der Waals surface area contributed by atoms with Crippen LogP contribution in [0.2, 0.25) is 0 Å². The summed E-state index contributed by atoms with van der Waals surface area (Å²) in [4.78, 5) is 2.22. The van der Waals surface area contributed by atoms with Gasteiger partial charge in [-0.2, -0.15) is 0 Å². The summed E-state index contributed by atoms with van der Waals surface area (Å²) in [5, 5.41) is 0. The van der Waals surface area contributed by atoms with Gasteiger partial charge in [-0.3, -0.25) is 0 Å².